The molecule has 6 nitrogen and oxygen atoms in total. The van der Waals surface area contributed by atoms with Gasteiger partial charge in [0, 0.05) is 16.9 Å². The molecule has 1 aliphatic heterocycles. The summed E-state index contributed by atoms with van der Waals surface area (Å²) in [7, 11) is 0. The molecule has 0 saturated carbocycles. The van der Waals surface area contributed by atoms with Gasteiger partial charge in [0.2, 0.25) is 0 Å². The van der Waals surface area contributed by atoms with Crippen LogP contribution in [-0.4, -0.2) is 25.3 Å². The van der Waals surface area contributed by atoms with Crippen molar-refractivity contribution in [3.8, 4) is 0 Å². The van der Waals surface area contributed by atoms with E-state index in [1.54, 1.807) is 0 Å². The molecule has 0 bridgehead atoms. The maximum absolute atomic E-state index is 5.71. The third kappa shape index (κ3) is 2.74. The Bertz CT molecular complexity index is 944. The van der Waals surface area contributed by atoms with Crippen LogP contribution < -0.4 is 10.2 Å². The predicted molar refractivity (Wildman–Crippen MR) is 106 cm³/mol. The van der Waals surface area contributed by atoms with Gasteiger partial charge in [-0.15, -0.1) is 5.10 Å². The number of nitrogens with zero attached hydrogens (tertiary/aromatic N) is 5. The second-order valence-corrected chi connectivity index (χ2v) is 7.63. The molecule has 0 amide bonds. The van der Waals surface area contributed by atoms with E-state index < -0.39 is 0 Å². The van der Waals surface area contributed by atoms with Crippen LogP contribution in [0.4, 0.5) is 11.4 Å². The molecule has 0 saturated heterocycles. The third-order valence-electron chi connectivity index (χ3n) is 4.38. The van der Waals surface area contributed by atoms with E-state index in [-0.39, 0.29) is 11.6 Å². The molecule has 1 aromatic heterocycles. The number of thiocarbonyl (C=S) groups is 1. The van der Waals surface area contributed by atoms with Crippen LogP contribution in [0.25, 0.3) is 0 Å². The monoisotopic (exact) mass is 364 g/mol. The quantitative estimate of drug-likeness (QED) is 0.699. The van der Waals surface area contributed by atoms with Gasteiger partial charge in [0.25, 0.3) is 0 Å². The molecule has 0 radical (unpaired) electrons. The first-order valence-corrected chi connectivity index (χ1v) is 8.90. The van der Waals surface area contributed by atoms with Gasteiger partial charge in [-0.3, -0.25) is 0 Å². The first-order valence-electron chi connectivity index (χ1n) is 8.50. The van der Waals surface area contributed by atoms with Gasteiger partial charge in [-0.05, 0) is 61.6 Å². The predicted octanol–water partition coefficient (Wildman–Crippen LogP) is 3.73. The number of hydrogen-bond acceptors (Lipinski definition) is 4. The number of rotatable bonds is 2. The van der Waals surface area contributed by atoms with Gasteiger partial charge in [0.1, 0.15) is 6.04 Å². The number of hydrogen-bond donors (Lipinski definition) is 1. The van der Waals surface area contributed by atoms with Crippen LogP contribution in [0.2, 0.25) is 0 Å². The maximum atomic E-state index is 5.71. The molecule has 1 atom stereocenters. The molecule has 1 unspecified atom stereocenters. The zero-order valence-corrected chi connectivity index (χ0v) is 15.7. The Morgan fingerprint density at radius 3 is 2.42 bits per heavy atom. The molecule has 132 valence electrons. The molecule has 1 N–H and O–H groups in total. The molecule has 2 heterocycles. The lowest BCUT2D eigenvalue weighted by Crippen LogP contribution is -2.44. The van der Waals surface area contributed by atoms with E-state index in [1.807, 2.05) is 53.2 Å². The van der Waals surface area contributed by atoms with E-state index in [4.69, 9.17) is 12.2 Å². The fraction of sp³-hybridized carbons (Fsp3) is 0.263. The van der Waals surface area contributed by atoms with Crippen molar-refractivity contribution in [1.29, 1.82) is 0 Å². The molecule has 26 heavy (non-hydrogen) atoms. The van der Waals surface area contributed by atoms with E-state index in [9.17, 15) is 0 Å². The van der Waals surface area contributed by atoms with Crippen molar-refractivity contribution in [3.63, 3.8) is 0 Å². The second kappa shape index (κ2) is 6.17. The lowest BCUT2D eigenvalue weighted by atomic mass is 9.98. The minimum atomic E-state index is -0.247. The average molecular weight is 364 g/mol. The highest BCUT2D eigenvalue weighted by molar-refractivity contribution is 7.80. The second-order valence-electron chi connectivity index (χ2n) is 7.25. The Balaban J connectivity index is 1.95. The molecule has 7 heteroatoms. The number of fused-ring (bicyclic) bond motifs is 1. The molecule has 2 aromatic carbocycles. The lowest BCUT2D eigenvalue weighted by molar-refractivity contribution is 0.331. The summed E-state index contributed by atoms with van der Waals surface area (Å²) in [5.74, 6) is 0.762. The van der Waals surface area contributed by atoms with Crippen LogP contribution in [0.3, 0.4) is 0 Å². The van der Waals surface area contributed by atoms with Gasteiger partial charge in [0.05, 0.1) is 5.54 Å². The topological polar surface area (TPSA) is 58.9 Å². The fourth-order valence-corrected chi connectivity index (χ4v) is 3.55. The zero-order valence-electron chi connectivity index (χ0n) is 14.9. The van der Waals surface area contributed by atoms with E-state index in [1.165, 1.54) is 0 Å². The Morgan fingerprint density at radius 1 is 1.00 bits per heavy atom. The van der Waals surface area contributed by atoms with E-state index in [0.29, 0.717) is 5.11 Å². The Labute approximate surface area is 157 Å². The van der Waals surface area contributed by atoms with Crippen LogP contribution in [0.5, 0.6) is 0 Å². The molecule has 3 aromatic rings. The smallest absolute Gasteiger partial charge is 0.179 e. The van der Waals surface area contributed by atoms with E-state index in [2.05, 4.69) is 52.6 Å². The van der Waals surface area contributed by atoms with Crippen molar-refractivity contribution < 1.29 is 0 Å². The average Bonchev–Trinajstić information content (AvgIpc) is 3.11. The number of tetrazole rings is 1. The van der Waals surface area contributed by atoms with Crippen LogP contribution in [-0.2, 0) is 5.54 Å². The fourth-order valence-electron chi connectivity index (χ4n) is 3.23. The highest BCUT2D eigenvalue weighted by atomic mass is 32.1. The largest absolute Gasteiger partial charge is 0.332 e. The maximum Gasteiger partial charge on any atom is 0.179 e. The first kappa shape index (κ1) is 16.7. The van der Waals surface area contributed by atoms with Crippen molar-refractivity contribution in [2.45, 2.75) is 32.4 Å². The van der Waals surface area contributed by atoms with Gasteiger partial charge < -0.3 is 10.2 Å². The highest BCUT2D eigenvalue weighted by Gasteiger charge is 2.37. The summed E-state index contributed by atoms with van der Waals surface area (Å²) < 4.78 is 1.87. The van der Waals surface area contributed by atoms with Gasteiger partial charge in [-0.2, -0.15) is 0 Å². The van der Waals surface area contributed by atoms with Crippen molar-refractivity contribution in [1.82, 2.24) is 20.2 Å². The summed E-state index contributed by atoms with van der Waals surface area (Å²) >= 11 is 5.71. The van der Waals surface area contributed by atoms with Crippen molar-refractivity contribution in [2.24, 2.45) is 0 Å². The summed E-state index contributed by atoms with van der Waals surface area (Å²) in [4.78, 5) is 2.08. The van der Waals surface area contributed by atoms with Crippen LogP contribution in [0, 0.1) is 0 Å². The molecule has 1 aliphatic rings. The molecular formula is C19H20N6S. The summed E-state index contributed by atoms with van der Waals surface area (Å²) in [6.07, 6.45) is 0. The van der Waals surface area contributed by atoms with Crippen LogP contribution in [0.15, 0.2) is 54.6 Å². The molecule has 0 spiro atoms. The van der Waals surface area contributed by atoms with Crippen LogP contribution >= 0.6 is 12.2 Å². The Morgan fingerprint density at radius 2 is 1.69 bits per heavy atom. The lowest BCUT2D eigenvalue weighted by Gasteiger charge is -2.39. The summed E-state index contributed by atoms with van der Waals surface area (Å²) in [6.45, 7) is 6.26. The van der Waals surface area contributed by atoms with E-state index in [0.717, 1.165) is 22.8 Å². The van der Waals surface area contributed by atoms with Crippen molar-refractivity contribution in [3.05, 3.63) is 66.0 Å². The molecule has 0 aliphatic carbocycles. The van der Waals surface area contributed by atoms with Gasteiger partial charge in [-0.1, -0.05) is 36.4 Å². The van der Waals surface area contributed by atoms with E-state index >= 15 is 0 Å². The zero-order chi connectivity index (χ0) is 18.3. The first-order chi connectivity index (χ1) is 12.5. The summed E-state index contributed by atoms with van der Waals surface area (Å²) in [5, 5.41) is 16.6. The SMILES string of the molecule is CC(C)(C)n1nnnc1C1c2ccccc2NC(=S)N1c1ccccc1. The number of aromatic nitrogens is 4. The normalized spacial score (nSPS) is 17.0. The van der Waals surface area contributed by atoms with Crippen molar-refractivity contribution >= 4 is 28.7 Å². The van der Waals surface area contributed by atoms with Gasteiger partial charge in [0.15, 0.2) is 10.9 Å². The Kier molecular flexibility index (Phi) is 3.96. The molecule has 0 fully saturated rings. The molecule has 4 rings (SSSR count). The Hall–Kier alpha value is -2.80. The van der Waals surface area contributed by atoms with Crippen molar-refractivity contribution in [2.75, 3.05) is 10.2 Å². The highest BCUT2D eigenvalue weighted by Crippen LogP contribution is 2.40. The number of anilines is 2. The number of benzene rings is 2. The van der Waals surface area contributed by atoms with Gasteiger partial charge >= 0.3 is 0 Å². The third-order valence-corrected chi connectivity index (χ3v) is 4.68. The minimum Gasteiger partial charge on any atom is -0.332 e. The summed E-state index contributed by atoms with van der Waals surface area (Å²) in [6, 6.07) is 18.0. The number of para-hydroxylation sites is 2. The molecular weight excluding hydrogens is 344 g/mol. The number of nitrogens with one attached hydrogen (secondary N) is 1. The van der Waals surface area contributed by atoms with Gasteiger partial charge in [-0.25, -0.2) is 4.68 Å². The van der Waals surface area contributed by atoms with Crippen LogP contribution in [0.1, 0.15) is 38.2 Å². The summed E-state index contributed by atoms with van der Waals surface area (Å²) in [5.41, 5.74) is 2.82. The standard InChI is InChI=1S/C19H20N6S/c1-19(2,3)25-17(21-22-23-25)16-14-11-7-8-12-15(14)20-18(26)24(16)13-9-5-4-6-10-13/h4-12,16H,1-3H3,(H,20,26). The minimum absolute atomic E-state index is 0.212.